The van der Waals surface area contributed by atoms with Gasteiger partial charge in [-0.15, -0.1) is 5.10 Å². The van der Waals surface area contributed by atoms with Crippen LogP contribution in [-0.2, 0) is 17.8 Å². The fourth-order valence-electron chi connectivity index (χ4n) is 1.55. The Morgan fingerprint density at radius 3 is 3.06 bits per heavy atom. The highest BCUT2D eigenvalue weighted by molar-refractivity contribution is 7.94. The number of rotatable bonds is 9. The minimum Gasteiger partial charge on any atom is -0.359 e. The average Bonchev–Trinajstić information content (AvgIpc) is 2.82. The zero-order valence-electron chi connectivity index (χ0n) is 10.6. The second kappa shape index (κ2) is 8.91. The molecule has 1 N–H and O–H groups in total. The second-order valence-electron chi connectivity index (χ2n) is 4.02. The number of amides is 1. The van der Waals surface area contributed by atoms with E-state index < -0.39 is 0 Å². The molecule has 5 nitrogen and oxygen atoms in total. The Kier molecular flexibility index (Phi) is 7.40. The topological polar surface area (TPSA) is 59.8 Å². The number of nitrogens with one attached hydrogen (secondary N) is 1. The predicted molar refractivity (Wildman–Crippen MR) is 69.8 cm³/mol. The maximum absolute atomic E-state index is 11.8. The lowest BCUT2D eigenvalue weighted by Crippen LogP contribution is -2.17. The summed E-state index contributed by atoms with van der Waals surface area (Å²) < 4.78 is 13.6. The molecule has 0 bridgehead atoms. The summed E-state index contributed by atoms with van der Waals surface area (Å²) in [6.07, 6.45) is 5.71. The average molecular weight is 274 g/mol. The lowest BCUT2D eigenvalue weighted by molar-refractivity contribution is -0.120. The van der Waals surface area contributed by atoms with Gasteiger partial charge in [-0.2, -0.15) is 3.89 Å². The number of carbonyl (C=O) groups excluding carboxylic acids is 1. The highest BCUT2D eigenvalue weighted by Gasteiger charge is 2.02. The molecule has 0 radical (unpaired) electrons. The number of nitrogens with zero attached hydrogens (tertiary/aromatic N) is 3. The smallest absolute Gasteiger partial charge is 0.219 e. The van der Waals surface area contributed by atoms with Crippen LogP contribution in [0.5, 0.6) is 0 Å². The van der Waals surface area contributed by atoms with Crippen molar-refractivity contribution in [1.82, 2.24) is 20.3 Å². The number of hydrogen-bond acceptors (Lipinski definition) is 4. The van der Waals surface area contributed by atoms with Crippen LogP contribution in [0.1, 0.15) is 31.4 Å². The standard InChI is InChI=1S/C11H19FN4OS/c1-13-11(17)6-2-3-7-16-9-10(14-15-16)5-4-8-18-12/h9H,2-8H2,1H3,(H,13,17). The lowest BCUT2D eigenvalue weighted by Gasteiger charge is -2.00. The van der Waals surface area contributed by atoms with Crippen LogP contribution < -0.4 is 5.32 Å². The van der Waals surface area contributed by atoms with Gasteiger partial charge >= 0.3 is 0 Å². The fourth-order valence-corrected chi connectivity index (χ4v) is 1.81. The summed E-state index contributed by atoms with van der Waals surface area (Å²) in [7, 11) is 1.64. The third-order valence-corrected chi connectivity index (χ3v) is 3.00. The van der Waals surface area contributed by atoms with Gasteiger partial charge in [-0.05, 0) is 25.7 Å². The Labute approximate surface area is 111 Å². The monoisotopic (exact) mass is 274 g/mol. The van der Waals surface area contributed by atoms with Crippen molar-refractivity contribution in [2.24, 2.45) is 0 Å². The molecule has 0 atom stereocenters. The van der Waals surface area contributed by atoms with Gasteiger partial charge in [0, 0.05) is 44.1 Å². The van der Waals surface area contributed by atoms with Gasteiger partial charge in [-0.3, -0.25) is 9.48 Å². The van der Waals surface area contributed by atoms with Crippen LogP contribution in [0, 0.1) is 0 Å². The van der Waals surface area contributed by atoms with Gasteiger partial charge in [-0.25, -0.2) is 0 Å². The van der Waals surface area contributed by atoms with Crippen molar-refractivity contribution < 1.29 is 8.68 Å². The number of aryl methyl sites for hydroxylation is 2. The van der Waals surface area contributed by atoms with Gasteiger partial charge in [0.25, 0.3) is 0 Å². The molecule has 0 spiro atoms. The Morgan fingerprint density at radius 1 is 1.50 bits per heavy atom. The van der Waals surface area contributed by atoms with E-state index in [4.69, 9.17) is 0 Å². The first-order chi connectivity index (χ1) is 8.76. The summed E-state index contributed by atoms with van der Waals surface area (Å²) >= 11 is 0.356. The molecule has 0 aliphatic heterocycles. The molecule has 1 aromatic rings. The van der Waals surface area contributed by atoms with Crippen LogP contribution >= 0.6 is 12.1 Å². The van der Waals surface area contributed by atoms with Gasteiger partial charge in [0.2, 0.25) is 5.91 Å². The molecule has 1 amide bonds. The van der Waals surface area contributed by atoms with Crippen LogP contribution in [0.3, 0.4) is 0 Å². The summed E-state index contributed by atoms with van der Waals surface area (Å²) in [6.45, 7) is 0.766. The number of carbonyl (C=O) groups is 1. The number of halogens is 1. The van der Waals surface area contributed by atoms with E-state index in [0.29, 0.717) is 24.3 Å². The van der Waals surface area contributed by atoms with E-state index in [0.717, 1.165) is 37.9 Å². The molecule has 102 valence electrons. The SMILES string of the molecule is CNC(=O)CCCCn1cc(CCCSF)nn1. The molecule has 1 aromatic heterocycles. The van der Waals surface area contributed by atoms with E-state index >= 15 is 0 Å². The first-order valence-corrected chi connectivity index (χ1v) is 6.98. The van der Waals surface area contributed by atoms with Crippen LogP contribution in [-0.4, -0.2) is 33.7 Å². The van der Waals surface area contributed by atoms with E-state index in [1.165, 1.54) is 0 Å². The Hall–Kier alpha value is -1.11. The van der Waals surface area contributed by atoms with Crippen molar-refractivity contribution in [2.45, 2.75) is 38.6 Å². The largest absolute Gasteiger partial charge is 0.359 e. The van der Waals surface area contributed by atoms with Crippen LogP contribution in [0.4, 0.5) is 3.89 Å². The Morgan fingerprint density at radius 2 is 2.33 bits per heavy atom. The van der Waals surface area contributed by atoms with Gasteiger partial charge in [-0.1, -0.05) is 5.21 Å². The lowest BCUT2D eigenvalue weighted by atomic mass is 10.2. The Bertz CT molecular complexity index is 359. The maximum atomic E-state index is 11.8. The molecule has 1 rings (SSSR count). The van der Waals surface area contributed by atoms with Gasteiger partial charge in [0.05, 0.1) is 5.69 Å². The van der Waals surface area contributed by atoms with Crippen LogP contribution in [0.25, 0.3) is 0 Å². The zero-order valence-corrected chi connectivity index (χ0v) is 11.4. The van der Waals surface area contributed by atoms with Crippen molar-refractivity contribution >= 4 is 18.1 Å². The fraction of sp³-hybridized carbons (Fsp3) is 0.727. The molecule has 0 fully saturated rings. The van der Waals surface area contributed by atoms with Crippen molar-refractivity contribution in [1.29, 1.82) is 0 Å². The van der Waals surface area contributed by atoms with Crippen LogP contribution in [0.15, 0.2) is 6.20 Å². The predicted octanol–water partition coefficient (Wildman–Crippen LogP) is 1.74. The molecule has 0 unspecified atom stereocenters. The van der Waals surface area contributed by atoms with Crippen LogP contribution in [0.2, 0.25) is 0 Å². The summed E-state index contributed by atoms with van der Waals surface area (Å²) in [5.74, 6) is 0.567. The summed E-state index contributed by atoms with van der Waals surface area (Å²) in [4.78, 5) is 11.0. The molecule has 0 saturated carbocycles. The van der Waals surface area contributed by atoms with Gasteiger partial charge in [0.1, 0.15) is 0 Å². The summed E-state index contributed by atoms with van der Waals surface area (Å²) in [5.41, 5.74) is 0.898. The molecule has 0 saturated heterocycles. The molecule has 0 aliphatic carbocycles. The number of hydrogen-bond donors (Lipinski definition) is 1. The highest BCUT2D eigenvalue weighted by Crippen LogP contribution is 2.06. The first kappa shape index (κ1) is 14.9. The van der Waals surface area contributed by atoms with Crippen molar-refractivity contribution in [3.8, 4) is 0 Å². The van der Waals surface area contributed by atoms with Crippen molar-refractivity contribution in [3.63, 3.8) is 0 Å². The van der Waals surface area contributed by atoms with Gasteiger partial charge in [0.15, 0.2) is 0 Å². The van der Waals surface area contributed by atoms with E-state index in [2.05, 4.69) is 15.6 Å². The molecule has 18 heavy (non-hydrogen) atoms. The number of unbranched alkanes of at least 4 members (excludes halogenated alkanes) is 1. The molecule has 7 heteroatoms. The van der Waals surface area contributed by atoms with E-state index in [-0.39, 0.29) is 5.91 Å². The van der Waals surface area contributed by atoms with Crippen molar-refractivity contribution in [2.75, 3.05) is 12.8 Å². The Balaban J connectivity index is 2.16. The second-order valence-corrected chi connectivity index (χ2v) is 4.65. The van der Waals surface area contributed by atoms with E-state index in [1.54, 1.807) is 11.7 Å². The summed E-state index contributed by atoms with van der Waals surface area (Å²) in [6, 6.07) is 0. The van der Waals surface area contributed by atoms with E-state index in [1.807, 2.05) is 6.20 Å². The number of aromatic nitrogens is 3. The summed E-state index contributed by atoms with van der Waals surface area (Å²) in [5, 5.41) is 10.6. The molecular weight excluding hydrogens is 255 g/mol. The molecule has 1 heterocycles. The third kappa shape index (κ3) is 6.00. The third-order valence-electron chi connectivity index (χ3n) is 2.56. The zero-order chi connectivity index (χ0) is 13.2. The normalized spacial score (nSPS) is 10.6. The molecular formula is C11H19FN4OS. The quantitative estimate of drug-likeness (QED) is 0.697. The molecule has 0 aliphatic rings. The molecule has 0 aromatic carbocycles. The minimum absolute atomic E-state index is 0.0676. The van der Waals surface area contributed by atoms with Gasteiger partial charge < -0.3 is 5.32 Å². The first-order valence-electron chi connectivity index (χ1n) is 6.09. The van der Waals surface area contributed by atoms with E-state index in [9.17, 15) is 8.68 Å². The van der Waals surface area contributed by atoms with Crippen molar-refractivity contribution in [3.05, 3.63) is 11.9 Å². The highest BCUT2D eigenvalue weighted by atomic mass is 32.2. The minimum atomic E-state index is 0.0676. The maximum Gasteiger partial charge on any atom is 0.219 e.